The van der Waals surface area contributed by atoms with Crippen LogP contribution < -0.4 is 10.6 Å². The maximum atomic E-state index is 12.7. The predicted molar refractivity (Wildman–Crippen MR) is 79.2 cm³/mol. The molecule has 1 aliphatic carbocycles. The molecule has 0 atom stereocenters. The standard InChI is InChI=1S/C16H21FN2O2/c17-13-6-8-14(9-7-13)19-16(21)11-18-15(20)10-5-12-3-1-2-4-12/h6-9,12H,1-5,10-11H2,(H,18,20)(H,19,21). The van der Waals surface area contributed by atoms with Crippen molar-refractivity contribution in [3.63, 3.8) is 0 Å². The van der Waals surface area contributed by atoms with Crippen LogP contribution >= 0.6 is 0 Å². The Balaban J connectivity index is 1.63. The van der Waals surface area contributed by atoms with Crippen LogP contribution in [-0.4, -0.2) is 18.4 Å². The van der Waals surface area contributed by atoms with Crippen LogP contribution in [0.1, 0.15) is 38.5 Å². The fourth-order valence-corrected chi connectivity index (χ4v) is 2.64. The Kier molecular flexibility index (Phi) is 5.72. The number of hydrogen-bond donors (Lipinski definition) is 2. The number of anilines is 1. The molecule has 1 aromatic rings. The van der Waals surface area contributed by atoms with Crippen LogP contribution in [0, 0.1) is 11.7 Å². The van der Waals surface area contributed by atoms with E-state index in [0.29, 0.717) is 18.0 Å². The van der Waals surface area contributed by atoms with E-state index in [-0.39, 0.29) is 24.2 Å². The first-order valence-electron chi connectivity index (χ1n) is 7.45. The van der Waals surface area contributed by atoms with Crippen LogP contribution in [0.5, 0.6) is 0 Å². The average molecular weight is 292 g/mol. The Morgan fingerprint density at radius 1 is 1.10 bits per heavy atom. The van der Waals surface area contributed by atoms with Gasteiger partial charge < -0.3 is 10.6 Å². The molecule has 1 aliphatic rings. The van der Waals surface area contributed by atoms with Crippen LogP contribution in [0.2, 0.25) is 0 Å². The number of rotatable bonds is 6. The van der Waals surface area contributed by atoms with Crippen molar-refractivity contribution in [3.05, 3.63) is 30.1 Å². The summed E-state index contributed by atoms with van der Waals surface area (Å²) < 4.78 is 12.7. The molecule has 21 heavy (non-hydrogen) atoms. The number of nitrogens with one attached hydrogen (secondary N) is 2. The second-order valence-electron chi connectivity index (χ2n) is 5.52. The highest BCUT2D eigenvalue weighted by Gasteiger charge is 2.16. The first-order valence-corrected chi connectivity index (χ1v) is 7.45. The summed E-state index contributed by atoms with van der Waals surface area (Å²) in [4.78, 5) is 23.3. The normalized spacial score (nSPS) is 14.9. The first kappa shape index (κ1) is 15.5. The van der Waals surface area contributed by atoms with Crippen molar-refractivity contribution in [1.82, 2.24) is 5.32 Å². The maximum Gasteiger partial charge on any atom is 0.243 e. The molecule has 4 nitrogen and oxygen atoms in total. The molecule has 0 heterocycles. The summed E-state index contributed by atoms with van der Waals surface area (Å²) in [6.45, 7) is -0.0547. The van der Waals surface area contributed by atoms with Crippen LogP contribution in [-0.2, 0) is 9.59 Å². The average Bonchev–Trinajstić information content (AvgIpc) is 2.99. The topological polar surface area (TPSA) is 58.2 Å². The SMILES string of the molecule is O=C(CCC1CCCC1)NCC(=O)Nc1ccc(F)cc1. The molecule has 2 amide bonds. The molecule has 1 aromatic carbocycles. The molecule has 0 unspecified atom stereocenters. The zero-order valence-electron chi connectivity index (χ0n) is 12.0. The summed E-state index contributed by atoms with van der Waals surface area (Å²) in [5.41, 5.74) is 0.515. The molecule has 5 heteroatoms. The number of amides is 2. The van der Waals surface area contributed by atoms with Crippen molar-refractivity contribution in [2.45, 2.75) is 38.5 Å². The van der Waals surface area contributed by atoms with E-state index in [0.717, 1.165) is 6.42 Å². The third-order valence-corrected chi connectivity index (χ3v) is 3.83. The maximum absolute atomic E-state index is 12.7. The highest BCUT2D eigenvalue weighted by molar-refractivity contribution is 5.94. The van der Waals surface area contributed by atoms with Gasteiger partial charge in [0.2, 0.25) is 11.8 Å². The van der Waals surface area contributed by atoms with Gasteiger partial charge in [-0.3, -0.25) is 9.59 Å². The zero-order chi connectivity index (χ0) is 15.1. The number of halogens is 1. The number of carbonyl (C=O) groups excluding carboxylic acids is 2. The van der Waals surface area contributed by atoms with Crippen LogP contribution in [0.25, 0.3) is 0 Å². The lowest BCUT2D eigenvalue weighted by molar-refractivity contribution is -0.124. The van der Waals surface area contributed by atoms with E-state index in [4.69, 9.17) is 0 Å². The van der Waals surface area contributed by atoms with Gasteiger partial charge in [0.25, 0.3) is 0 Å². The molecule has 114 valence electrons. The predicted octanol–water partition coefficient (Wildman–Crippen LogP) is 2.85. The molecule has 1 saturated carbocycles. The molecule has 0 spiro atoms. The van der Waals surface area contributed by atoms with E-state index in [1.54, 1.807) is 0 Å². The summed E-state index contributed by atoms with van der Waals surface area (Å²) in [6, 6.07) is 5.51. The third kappa shape index (κ3) is 5.53. The van der Waals surface area contributed by atoms with Crippen molar-refractivity contribution >= 4 is 17.5 Å². The Bertz CT molecular complexity index is 482. The quantitative estimate of drug-likeness (QED) is 0.847. The molecule has 2 rings (SSSR count). The lowest BCUT2D eigenvalue weighted by Crippen LogP contribution is -2.32. The van der Waals surface area contributed by atoms with E-state index >= 15 is 0 Å². The fraction of sp³-hybridized carbons (Fsp3) is 0.500. The number of carbonyl (C=O) groups is 2. The summed E-state index contributed by atoms with van der Waals surface area (Å²) in [7, 11) is 0. The molecule has 0 bridgehead atoms. The first-order chi connectivity index (χ1) is 10.1. The minimum atomic E-state index is -0.354. The summed E-state index contributed by atoms with van der Waals surface area (Å²) >= 11 is 0. The minimum absolute atomic E-state index is 0.0547. The van der Waals surface area contributed by atoms with Crippen molar-refractivity contribution in [2.75, 3.05) is 11.9 Å². The van der Waals surface area contributed by atoms with Gasteiger partial charge in [0, 0.05) is 12.1 Å². The van der Waals surface area contributed by atoms with E-state index in [2.05, 4.69) is 10.6 Å². The summed E-state index contributed by atoms with van der Waals surface area (Å²) in [5, 5.41) is 5.21. The van der Waals surface area contributed by atoms with Crippen LogP contribution in [0.15, 0.2) is 24.3 Å². The van der Waals surface area contributed by atoms with E-state index in [1.165, 1.54) is 49.9 Å². The highest BCUT2D eigenvalue weighted by Crippen LogP contribution is 2.28. The van der Waals surface area contributed by atoms with Crippen molar-refractivity contribution in [3.8, 4) is 0 Å². The Morgan fingerprint density at radius 2 is 1.76 bits per heavy atom. The second-order valence-corrected chi connectivity index (χ2v) is 5.52. The molecule has 0 aliphatic heterocycles. The molecule has 0 radical (unpaired) electrons. The van der Waals surface area contributed by atoms with E-state index in [1.807, 2.05) is 0 Å². The Morgan fingerprint density at radius 3 is 2.43 bits per heavy atom. The van der Waals surface area contributed by atoms with Gasteiger partial charge in [-0.05, 0) is 36.6 Å². The molecular weight excluding hydrogens is 271 g/mol. The summed E-state index contributed by atoms with van der Waals surface area (Å²) in [6.07, 6.45) is 6.37. The lowest BCUT2D eigenvalue weighted by Gasteiger charge is -2.09. The van der Waals surface area contributed by atoms with Crippen LogP contribution in [0.3, 0.4) is 0 Å². The fourth-order valence-electron chi connectivity index (χ4n) is 2.64. The minimum Gasteiger partial charge on any atom is -0.347 e. The monoisotopic (exact) mass is 292 g/mol. The smallest absolute Gasteiger partial charge is 0.243 e. The van der Waals surface area contributed by atoms with Gasteiger partial charge in [-0.25, -0.2) is 4.39 Å². The molecule has 0 aromatic heterocycles. The Hall–Kier alpha value is -1.91. The molecule has 2 N–H and O–H groups in total. The van der Waals surface area contributed by atoms with E-state index < -0.39 is 0 Å². The van der Waals surface area contributed by atoms with Crippen LogP contribution in [0.4, 0.5) is 10.1 Å². The van der Waals surface area contributed by atoms with Crippen molar-refractivity contribution in [2.24, 2.45) is 5.92 Å². The molecule has 0 saturated heterocycles. The van der Waals surface area contributed by atoms with Gasteiger partial charge >= 0.3 is 0 Å². The number of hydrogen-bond acceptors (Lipinski definition) is 2. The van der Waals surface area contributed by atoms with Gasteiger partial charge in [-0.2, -0.15) is 0 Å². The highest BCUT2D eigenvalue weighted by atomic mass is 19.1. The summed E-state index contributed by atoms with van der Waals surface area (Å²) in [5.74, 6) is -0.0796. The third-order valence-electron chi connectivity index (χ3n) is 3.83. The Labute approximate surface area is 124 Å². The van der Waals surface area contributed by atoms with Gasteiger partial charge in [-0.15, -0.1) is 0 Å². The molecule has 1 fully saturated rings. The van der Waals surface area contributed by atoms with Gasteiger partial charge in [0.05, 0.1) is 6.54 Å². The van der Waals surface area contributed by atoms with E-state index in [9.17, 15) is 14.0 Å². The number of benzene rings is 1. The lowest BCUT2D eigenvalue weighted by atomic mass is 10.0. The zero-order valence-corrected chi connectivity index (χ0v) is 12.0. The largest absolute Gasteiger partial charge is 0.347 e. The van der Waals surface area contributed by atoms with Gasteiger partial charge in [-0.1, -0.05) is 25.7 Å². The molecular formula is C16H21FN2O2. The van der Waals surface area contributed by atoms with Crippen molar-refractivity contribution < 1.29 is 14.0 Å². The van der Waals surface area contributed by atoms with Gasteiger partial charge in [0.1, 0.15) is 5.82 Å². The van der Waals surface area contributed by atoms with Gasteiger partial charge in [0.15, 0.2) is 0 Å². The second kappa shape index (κ2) is 7.76. The van der Waals surface area contributed by atoms with Crippen molar-refractivity contribution in [1.29, 1.82) is 0 Å².